The molecule has 0 fully saturated rings. The summed E-state index contributed by atoms with van der Waals surface area (Å²) in [5.41, 5.74) is 8.45. The van der Waals surface area contributed by atoms with Gasteiger partial charge >= 0.3 is 0 Å². The second-order valence-electron chi connectivity index (χ2n) is 12.0. The lowest BCUT2D eigenvalue weighted by atomic mass is 9.82. The molecule has 3 heterocycles. The van der Waals surface area contributed by atoms with Gasteiger partial charge in [-0.25, -0.2) is 0 Å². The van der Waals surface area contributed by atoms with Gasteiger partial charge in [-0.1, -0.05) is 58.9 Å². The van der Waals surface area contributed by atoms with Crippen LogP contribution in [0.1, 0.15) is 57.1 Å². The van der Waals surface area contributed by atoms with Crippen LogP contribution in [0.4, 0.5) is 0 Å². The largest absolute Gasteiger partial charge is 0.461 e. The second-order valence-corrected chi connectivity index (χ2v) is 13.1. The summed E-state index contributed by atoms with van der Waals surface area (Å²) in [5.74, 6) is 1.68. The van der Waals surface area contributed by atoms with Gasteiger partial charge in [-0.2, -0.15) is 0 Å². The summed E-state index contributed by atoms with van der Waals surface area (Å²) in [6, 6.07) is 22.2. The van der Waals surface area contributed by atoms with Gasteiger partial charge in [0.25, 0.3) is 0 Å². The number of thiophene rings is 1. The smallest absolute Gasteiger partial charge is 0.134 e. The highest BCUT2D eigenvalue weighted by Crippen LogP contribution is 2.44. The monoisotopic (exact) mass is 517 g/mol. The topological polar surface area (TPSA) is 26.0 Å². The van der Waals surface area contributed by atoms with Crippen LogP contribution in [0.2, 0.25) is 0 Å². The van der Waals surface area contributed by atoms with Crippen LogP contribution in [0.25, 0.3) is 53.5 Å². The maximum Gasteiger partial charge on any atom is 0.134 e. The van der Waals surface area contributed by atoms with E-state index >= 15 is 0 Å². The highest BCUT2D eigenvalue weighted by molar-refractivity contribution is 7.23. The van der Waals surface area contributed by atoms with Gasteiger partial charge in [-0.3, -0.25) is 4.98 Å². The van der Waals surface area contributed by atoms with Crippen LogP contribution in [0.15, 0.2) is 71.3 Å². The Hall–Kier alpha value is -3.43. The predicted molar refractivity (Wildman–Crippen MR) is 164 cm³/mol. The average Bonchev–Trinajstić information content (AvgIpc) is 3.38. The zero-order valence-electron chi connectivity index (χ0n) is 23.4. The van der Waals surface area contributed by atoms with Gasteiger partial charge in [-0.05, 0) is 100.0 Å². The van der Waals surface area contributed by atoms with Crippen molar-refractivity contribution in [2.45, 2.75) is 60.3 Å². The molecule has 3 aromatic carbocycles. The quantitative estimate of drug-likeness (QED) is 0.232. The van der Waals surface area contributed by atoms with E-state index in [1.807, 2.05) is 17.5 Å². The van der Waals surface area contributed by atoms with Crippen LogP contribution in [-0.2, 0) is 11.8 Å². The minimum atomic E-state index is 0.0341. The van der Waals surface area contributed by atoms with Crippen molar-refractivity contribution in [3.05, 3.63) is 89.3 Å². The molecule has 192 valence electrons. The van der Waals surface area contributed by atoms with Crippen LogP contribution >= 0.6 is 11.3 Å². The molecule has 0 bridgehead atoms. The van der Waals surface area contributed by atoms with Gasteiger partial charge in [0.2, 0.25) is 0 Å². The fraction of sp³-hybridized carbons (Fsp3) is 0.286. The fourth-order valence-corrected chi connectivity index (χ4v) is 6.99. The molecule has 0 aliphatic rings. The lowest BCUT2D eigenvalue weighted by molar-refractivity contribution is 0.496. The van der Waals surface area contributed by atoms with Crippen LogP contribution in [-0.4, -0.2) is 4.98 Å². The maximum absolute atomic E-state index is 6.23. The van der Waals surface area contributed by atoms with Crippen molar-refractivity contribution in [2.75, 3.05) is 0 Å². The Morgan fingerprint density at radius 2 is 1.63 bits per heavy atom. The summed E-state index contributed by atoms with van der Waals surface area (Å²) in [4.78, 5) is 6.25. The van der Waals surface area contributed by atoms with E-state index in [0.717, 1.165) is 23.5 Å². The first-order valence-corrected chi connectivity index (χ1v) is 14.4. The summed E-state index contributed by atoms with van der Waals surface area (Å²) in [5, 5.41) is 5.09. The normalized spacial score (nSPS) is 12.4. The van der Waals surface area contributed by atoms with Gasteiger partial charge in [0.1, 0.15) is 11.3 Å². The number of furan rings is 1. The van der Waals surface area contributed by atoms with E-state index < -0.39 is 0 Å². The lowest BCUT2D eigenvalue weighted by Crippen LogP contribution is -2.12. The Labute approximate surface area is 229 Å². The molecule has 6 aromatic rings. The summed E-state index contributed by atoms with van der Waals surface area (Å²) >= 11 is 1.86. The molecule has 6 rings (SSSR count). The fourth-order valence-electron chi connectivity index (χ4n) is 5.67. The second kappa shape index (κ2) is 9.10. The third-order valence-electron chi connectivity index (χ3n) is 7.69. The molecule has 0 saturated carbocycles. The molecule has 0 aliphatic heterocycles. The highest BCUT2D eigenvalue weighted by Gasteiger charge is 2.21. The summed E-state index contributed by atoms with van der Waals surface area (Å²) in [6.45, 7) is 15.8. The van der Waals surface area contributed by atoms with Crippen molar-refractivity contribution < 1.29 is 4.42 Å². The highest BCUT2D eigenvalue weighted by atomic mass is 32.1. The Morgan fingerprint density at radius 1 is 0.842 bits per heavy atom. The third kappa shape index (κ3) is 4.14. The number of nitrogens with zero attached hydrogens (tertiary/aromatic N) is 1. The van der Waals surface area contributed by atoms with E-state index in [1.54, 1.807) is 0 Å². The number of pyridine rings is 1. The van der Waals surface area contributed by atoms with Crippen molar-refractivity contribution in [3.63, 3.8) is 0 Å². The minimum absolute atomic E-state index is 0.0341. The molecule has 3 aromatic heterocycles. The van der Waals surface area contributed by atoms with Crippen molar-refractivity contribution >= 4 is 43.2 Å². The standard InChI is InChI=1S/C35H35NOS/c1-20(2)16-31-21(3)28-18-24(12-13-30(28)37-31)33-22(4)26-14-15-36-32(34(26)38-33)25-17-23-10-8-9-11-27(23)29(19-25)35(5,6)7/h8-15,17-20H,16H2,1-7H3. The molecule has 0 atom stereocenters. The van der Waals surface area contributed by atoms with Crippen molar-refractivity contribution in [1.29, 1.82) is 0 Å². The van der Waals surface area contributed by atoms with Crippen LogP contribution in [0.3, 0.4) is 0 Å². The molecule has 0 aliphatic carbocycles. The zero-order valence-corrected chi connectivity index (χ0v) is 24.2. The molecule has 2 nitrogen and oxygen atoms in total. The minimum Gasteiger partial charge on any atom is -0.461 e. The first-order valence-electron chi connectivity index (χ1n) is 13.6. The summed E-state index contributed by atoms with van der Waals surface area (Å²) < 4.78 is 7.48. The van der Waals surface area contributed by atoms with Gasteiger partial charge in [0, 0.05) is 28.4 Å². The molecule has 3 heteroatoms. The summed E-state index contributed by atoms with van der Waals surface area (Å²) in [7, 11) is 0. The van der Waals surface area contributed by atoms with E-state index in [2.05, 4.69) is 109 Å². The number of hydrogen-bond acceptors (Lipinski definition) is 3. The van der Waals surface area contributed by atoms with E-state index in [1.165, 1.54) is 58.9 Å². The van der Waals surface area contributed by atoms with E-state index in [-0.39, 0.29) is 5.41 Å². The molecule has 0 unspecified atom stereocenters. The Kier molecular flexibility index (Phi) is 5.96. The van der Waals surface area contributed by atoms with Crippen LogP contribution in [0, 0.1) is 19.8 Å². The van der Waals surface area contributed by atoms with Crippen LogP contribution in [0.5, 0.6) is 0 Å². The number of fused-ring (bicyclic) bond motifs is 3. The molecule has 0 radical (unpaired) electrons. The van der Waals surface area contributed by atoms with E-state index in [9.17, 15) is 0 Å². The average molecular weight is 518 g/mol. The van der Waals surface area contributed by atoms with Crippen LogP contribution < -0.4 is 0 Å². The molecule has 0 saturated heterocycles. The molecule has 0 amide bonds. The first-order chi connectivity index (χ1) is 18.1. The SMILES string of the molecule is Cc1c(CC(C)C)oc2ccc(-c3sc4c(-c5cc(C(C)(C)C)c6ccccc6c5)nccc4c3C)cc12. The number of aryl methyl sites for hydroxylation is 2. The number of hydrogen-bond donors (Lipinski definition) is 0. The van der Waals surface area contributed by atoms with Crippen molar-refractivity contribution in [2.24, 2.45) is 5.92 Å². The van der Waals surface area contributed by atoms with Gasteiger partial charge < -0.3 is 4.42 Å². The Bertz CT molecular complexity index is 1830. The zero-order chi connectivity index (χ0) is 26.8. The molecule has 0 N–H and O–H groups in total. The maximum atomic E-state index is 6.23. The number of aromatic nitrogens is 1. The first kappa shape index (κ1) is 24.9. The van der Waals surface area contributed by atoms with Gasteiger partial charge in [0.05, 0.1) is 10.4 Å². The molecular formula is C35H35NOS. The lowest BCUT2D eigenvalue weighted by Gasteiger charge is -2.22. The third-order valence-corrected chi connectivity index (χ3v) is 9.05. The Morgan fingerprint density at radius 3 is 2.39 bits per heavy atom. The van der Waals surface area contributed by atoms with Crippen molar-refractivity contribution in [3.8, 4) is 21.7 Å². The molecule has 0 spiro atoms. The van der Waals surface area contributed by atoms with E-state index in [0.29, 0.717) is 5.92 Å². The molecular weight excluding hydrogens is 482 g/mol. The number of benzene rings is 3. The van der Waals surface area contributed by atoms with E-state index in [4.69, 9.17) is 9.40 Å². The molecule has 38 heavy (non-hydrogen) atoms. The Balaban J connectivity index is 1.53. The number of rotatable bonds is 4. The van der Waals surface area contributed by atoms with Gasteiger partial charge in [0.15, 0.2) is 0 Å². The summed E-state index contributed by atoms with van der Waals surface area (Å²) in [6.07, 6.45) is 2.93. The van der Waals surface area contributed by atoms with Crippen molar-refractivity contribution in [1.82, 2.24) is 4.98 Å². The predicted octanol–water partition coefficient (Wildman–Crippen LogP) is 10.6. The van der Waals surface area contributed by atoms with Gasteiger partial charge in [-0.15, -0.1) is 11.3 Å².